The predicted molar refractivity (Wildman–Crippen MR) is 104 cm³/mol. The Hall–Kier alpha value is -2.12. The molecule has 0 radical (unpaired) electrons. The molecule has 0 fully saturated rings. The molecule has 0 spiro atoms. The minimum absolute atomic E-state index is 0.0650. The van der Waals surface area contributed by atoms with Crippen molar-refractivity contribution < 1.29 is 19.1 Å². The topological polar surface area (TPSA) is 72.5 Å². The van der Waals surface area contributed by atoms with Crippen LogP contribution in [0.1, 0.15) is 38.8 Å². The molecule has 0 unspecified atom stereocenters. The van der Waals surface area contributed by atoms with E-state index >= 15 is 0 Å². The van der Waals surface area contributed by atoms with Crippen LogP contribution in [0, 0.1) is 6.92 Å². The van der Waals surface area contributed by atoms with Gasteiger partial charge in [0.05, 0.1) is 16.2 Å². The van der Waals surface area contributed by atoms with Gasteiger partial charge in [0.2, 0.25) is 11.7 Å². The molecule has 2 aromatic rings. The van der Waals surface area contributed by atoms with E-state index < -0.39 is 5.97 Å². The van der Waals surface area contributed by atoms with Gasteiger partial charge in [-0.15, -0.1) is 23.1 Å². The molecule has 0 bridgehead atoms. The van der Waals surface area contributed by atoms with Gasteiger partial charge in [0.25, 0.3) is 0 Å². The molecule has 7 heteroatoms. The van der Waals surface area contributed by atoms with Crippen LogP contribution in [0.25, 0.3) is 0 Å². The molecule has 0 saturated heterocycles. The highest BCUT2D eigenvalue weighted by Crippen LogP contribution is 2.23. The van der Waals surface area contributed by atoms with E-state index in [1.807, 2.05) is 26.8 Å². The third-order valence-corrected chi connectivity index (χ3v) is 5.38. The first-order chi connectivity index (χ1) is 12.4. The lowest BCUT2D eigenvalue weighted by atomic mass is 10.2. The number of thioether (sulfide) groups is 1. The second-order valence-electron chi connectivity index (χ2n) is 5.92. The van der Waals surface area contributed by atoms with Crippen molar-refractivity contribution in [1.29, 1.82) is 0 Å². The van der Waals surface area contributed by atoms with Crippen molar-refractivity contribution >= 4 is 40.8 Å². The largest absolute Gasteiger partial charge is 0.454 e. The van der Waals surface area contributed by atoms with Crippen molar-refractivity contribution in [3.8, 4) is 0 Å². The van der Waals surface area contributed by atoms with Gasteiger partial charge in [-0.25, -0.2) is 4.79 Å². The Bertz CT molecular complexity index is 798. The van der Waals surface area contributed by atoms with Crippen LogP contribution in [-0.2, 0) is 9.53 Å². The number of amides is 1. The zero-order valence-electron chi connectivity index (χ0n) is 14.9. The summed E-state index contributed by atoms with van der Waals surface area (Å²) in [4.78, 5) is 38.5. The van der Waals surface area contributed by atoms with E-state index in [1.165, 1.54) is 23.1 Å². The molecule has 1 N–H and O–H groups in total. The monoisotopic (exact) mass is 391 g/mol. The van der Waals surface area contributed by atoms with E-state index in [1.54, 1.807) is 30.3 Å². The molecule has 0 aliphatic rings. The average Bonchev–Trinajstić information content (AvgIpc) is 3.03. The number of ether oxygens (including phenoxy) is 1. The molecule has 0 aliphatic heterocycles. The first-order valence-electron chi connectivity index (χ1n) is 8.14. The van der Waals surface area contributed by atoms with Crippen LogP contribution >= 0.6 is 23.1 Å². The molecule has 5 nitrogen and oxygen atoms in total. The molecule has 1 amide bonds. The highest BCUT2D eigenvalue weighted by molar-refractivity contribution is 8.00. The summed E-state index contributed by atoms with van der Waals surface area (Å²) in [6.07, 6.45) is 0. The van der Waals surface area contributed by atoms with Crippen molar-refractivity contribution in [2.75, 3.05) is 12.4 Å². The molecule has 26 heavy (non-hydrogen) atoms. The first kappa shape index (κ1) is 20.2. The van der Waals surface area contributed by atoms with Gasteiger partial charge in [-0.3, -0.25) is 9.59 Å². The summed E-state index contributed by atoms with van der Waals surface area (Å²) in [7, 11) is 0. The second kappa shape index (κ2) is 9.54. The summed E-state index contributed by atoms with van der Waals surface area (Å²) in [5.74, 6) is -0.691. The minimum Gasteiger partial charge on any atom is -0.454 e. The first-order valence-corrected chi connectivity index (χ1v) is 9.95. The number of rotatable bonds is 8. The third kappa shape index (κ3) is 6.00. The van der Waals surface area contributed by atoms with Gasteiger partial charge < -0.3 is 10.1 Å². The van der Waals surface area contributed by atoms with E-state index in [0.717, 1.165) is 4.88 Å². The molecular weight excluding hydrogens is 370 g/mol. The number of hydrogen-bond donors (Lipinski definition) is 1. The zero-order valence-corrected chi connectivity index (χ0v) is 16.5. The van der Waals surface area contributed by atoms with Gasteiger partial charge in [-0.05, 0) is 45.0 Å². The number of ketones is 1. The Morgan fingerprint density at radius 1 is 1.15 bits per heavy atom. The van der Waals surface area contributed by atoms with Crippen LogP contribution in [0.5, 0.6) is 0 Å². The number of hydrogen-bond acceptors (Lipinski definition) is 6. The van der Waals surface area contributed by atoms with Crippen LogP contribution in [0.15, 0.2) is 41.3 Å². The summed E-state index contributed by atoms with van der Waals surface area (Å²) in [5.41, 5.74) is 0.352. The third-order valence-electron chi connectivity index (χ3n) is 3.26. The van der Waals surface area contributed by atoms with Crippen molar-refractivity contribution in [1.82, 2.24) is 5.32 Å². The smallest absolute Gasteiger partial charge is 0.339 e. The summed E-state index contributed by atoms with van der Waals surface area (Å²) < 4.78 is 5.17. The Balaban J connectivity index is 1.96. The van der Waals surface area contributed by atoms with E-state index in [4.69, 9.17) is 4.74 Å². The predicted octanol–water partition coefficient (Wildman–Crippen LogP) is 3.71. The molecule has 1 aromatic carbocycles. The Kier molecular flexibility index (Phi) is 7.41. The SMILES string of the molecule is Cc1ccc(C(=O)COC(=O)c2ccccc2SCC(=O)NC(C)C)s1. The van der Waals surface area contributed by atoms with Crippen LogP contribution in [0.2, 0.25) is 0 Å². The van der Waals surface area contributed by atoms with E-state index in [0.29, 0.717) is 15.3 Å². The quantitative estimate of drug-likeness (QED) is 0.422. The number of carbonyl (C=O) groups excluding carboxylic acids is 3. The van der Waals surface area contributed by atoms with Crippen LogP contribution in [0.4, 0.5) is 0 Å². The lowest BCUT2D eigenvalue weighted by Gasteiger charge is -2.10. The number of esters is 1. The van der Waals surface area contributed by atoms with Crippen molar-refractivity contribution in [3.05, 3.63) is 51.7 Å². The van der Waals surface area contributed by atoms with Gasteiger partial charge in [0.15, 0.2) is 6.61 Å². The Morgan fingerprint density at radius 3 is 2.54 bits per heavy atom. The molecule has 2 rings (SSSR count). The normalized spacial score (nSPS) is 10.6. The minimum atomic E-state index is -0.570. The maximum absolute atomic E-state index is 12.3. The molecule has 1 aromatic heterocycles. The standard InChI is InChI=1S/C19H21NO4S2/c1-12(2)20-18(22)11-25-16-7-5-4-6-14(16)19(23)24-10-15(21)17-9-8-13(3)26-17/h4-9,12H,10-11H2,1-3H3,(H,20,22). The fourth-order valence-electron chi connectivity index (χ4n) is 2.13. The van der Waals surface area contributed by atoms with Crippen LogP contribution in [0.3, 0.4) is 0 Å². The van der Waals surface area contributed by atoms with Gasteiger partial charge in [0, 0.05) is 15.8 Å². The molecule has 0 saturated carbocycles. The fraction of sp³-hybridized carbons (Fsp3) is 0.316. The number of aryl methyl sites for hydroxylation is 1. The molecule has 1 heterocycles. The molecular formula is C19H21NO4S2. The van der Waals surface area contributed by atoms with Gasteiger partial charge in [-0.2, -0.15) is 0 Å². The lowest BCUT2D eigenvalue weighted by Crippen LogP contribution is -2.31. The second-order valence-corrected chi connectivity index (χ2v) is 8.22. The van der Waals surface area contributed by atoms with Crippen LogP contribution in [-0.4, -0.2) is 36.1 Å². The maximum Gasteiger partial charge on any atom is 0.339 e. The Morgan fingerprint density at radius 2 is 1.88 bits per heavy atom. The van der Waals surface area contributed by atoms with Gasteiger partial charge in [-0.1, -0.05) is 12.1 Å². The van der Waals surface area contributed by atoms with Gasteiger partial charge in [0.1, 0.15) is 0 Å². The van der Waals surface area contributed by atoms with Gasteiger partial charge >= 0.3 is 5.97 Å². The van der Waals surface area contributed by atoms with E-state index in [-0.39, 0.29) is 30.1 Å². The number of carbonyl (C=O) groups is 3. The summed E-state index contributed by atoms with van der Waals surface area (Å²) in [6.45, 7) is 5.39. The summed E-state index contributed by atoms with van der Waals surface area (Å²) in [5, 5.41) is 2.80. The highest BCUT2D eigenvalue weighted by atomic mass is 32.2. The van der Waals surface area contributed by atoms with E-state index in [2.05, 4.69) is 5.32 Å². The molecule has 0 aliphatic carbocycles. The molecule has 138 valence electrons. The maximum atomic E-state index is 12.3. The van der Waals surface area contributed by atoms with Crippen molar-refractivity contribution in [2.45, 2.75) is 31.7 Å². The van der Waals surface area contributed by atoms with E-state index in [9.17, 15) is 14.4 Å². The summed E-state index contributed by atoms with van der Waals surface area (Å²) >= 11 is 2.64. The molecule has 0 atom stereocenters. The fourth-order valence-corrected chi connectivity index (χ4v) is 3.78. The van der Waals surface area contributed by atoms with Crippen molar-refractivity contribution in [3.63, 3.8) is 0 Å². The lowest BCUT2D eigenvalue weighted by molar-refractivity contribution is -0.119. The number of benzene rings is 1. The van der Waals surface area contributed by atoms with Crippen molar-refractivity contribution in [2.24, 2.45) is 0 Å². The number of nitrogens with one attached hydrogen (secondary N) is 1. The number of thiophene rings is 1. The highest BCUT2D eigenvalue weighted by Gasteiger charge is 2.17. The van der Waals surface area contributed by atoms with Crippen LogP contribution < -0.4 is 5.32 Å². The zero-order chi connectivity index (χ0) is 19.1. The average molecular weight is 392 g/mol. The Labute approximate surface area is 161 Å². The summed E-state index contributed by atoms with van der Waals surface area (Å²) in [6, 6.07) is 10.5. The number of Topliss-reactive ketones (excluding diaryl/α,β-unsaturated/α-hetero) is 1.